The molecule has 3 rings (SSSR count). The number of aliphatic carboxylic acids is 1. The van der Waals surface area contributed by atoms with Crippen LogP contribution in [0, 0.1) is 5.92 Å². The molecule has 2 heterocycles. The van der Waals surface area contributed by atoms with Crippen LogP contribution in [0.4, 0.5) is 0 Å². The fraction of sp³-hybridized carbons (Fsp3) is 0.421. The Balaban J connectivity index is 1.86. The molecule has 2 aromatic rings. The Labute approximate surface area is 147 Å². The van der Waals surface area contributed by atoms with Crippen LogP contribution >= 0.6 is 0 Å². The minimum atomic E-state index is -0.864. The molecule has 0 radical (unpaired) electrons. The van der Waals surface area contributed by atoms with E-state index in [2.05, 4.69) is 5.10 Å². The van der Waals surface area contributed by atoms with Crippen LogP contribution in [0.25, 0.3) is 0 Å². The highest BCUT2D eigenvalue weighted by Gasteiger charge is 2.41. The molecule has 0 unspecified atom stereocenters. The second-order valence-electron chi connectivity index (χ2n) is 6.90. The molecular weight excluding hydrogens is 318 g/mol. The summed E-state index contributed by atoms with van der Waals surface area (Å²) in [6, 6.07) is 11.4. The number of carbonyl (C=O) groups excluding carboxylic acids is 1. The number of rotatable bonds is 4. The summed E-state index contributed by atoms with van der Waals surface area (Å²) in [4.78, 5) is 26.3. The number of hydrogen-bond donors (Lipinski definition) is 1. The summed E-state index contributed by atoms with van der Waals surface area (Å²) in [5.74, 6) is -1.58. The number of benzene rings is 1. The van der Waals surface area contributed by atoms with Crippen molar-refractivity contribution >= 4 is 11.9 Å². The van der Waals surface area contributed by atoms with Crippen LogP contribution < -0.4 is 0 Å². The molecule has 0 saturated carbocycles. The van der Waals surface area contributed by atoms with Crippen LogP contribution in [-0.2, 0) is 11.8 Å². The quantitative estimate of drug-likeness (QED) is 0.927. The topological polar surface area (TPSA) is 75.4 Å². The molecule has 0 bridgehead atoms. The third-order valence-corrected chi connectivity index (χ3v) is 4.86. The molecular formula is C19H23N3O3. The fourth-order valence-electron chi connectivity index (χ4n) is 3.39. The molecule has 6 nitrogen and oxygen atoms in total. The first-order valence-electron chi connectivity index (χ1n) is 8.49. The van der Waals surface area contributed by atoms with Crippen LogP contribution in [-0.4, -0.2) is 44.8 Å². The van der Waals surface area contributed by atoms with Gasteiger partial charge in [0.2, 0.25) is 0 Å². The van der Waals surface area contributed by atoms with Crippen molar-refractivity contribution in [1.29, 1.82) is 0 Å². The highest BCUT2D eigenvalue weighted by atomic mass is 16.4. The summed E-state index contributed by atoms with van der Waals surface area (Å²) in [6.07, 6.45) is 0. The SMILES string of the molecule is CC(C)c1cc(C(=O)N2C[C@H](C(=O)O)[C@H](c3ccccc3)C2)n(C)n1. The number of nitrogens with zero attached hydrogens (tertiary/aromatic N) is 3. The average molecular weight is 341 g/mol. The van der Waals surface area contributed by atoms with Crippen molar-refractivity contribution in [3.63, 3.8) is 0 Å². The minimum Gasteiger partial charge on any atom is -0.481 e. The van der Waals surface area contributed by atoms with Crippen molar-refractivity contribution in [2.45, 2.75) is 25.7 Å². The van der Waals surface area contributed by atoms with Gasteiger partial charge in [0.05, 0.1) is 11.6 Å². The number of carbonyl (C=O) groups is 2. The van der Waals surface area contributed by atoms with Gasteiger partial charge < -0.3 is 10.0 Å². The second-order valence-corrected chi connectivity index (χ2v) is 6.90. The van der Waals surface area contributed by atoms with Gasteiger partial charge in [-0.3, -0.25) is 14.3 Å². The summed E-state index contributed by atoms with van der Waals surface area (Å²) < 4.78 is 1.59. The first-order chi connectivity index (χ1) is 11.9. The van der Waals surface area contributed by atoms with Gasteiger partial charge in [-0.05, 0) is 17.5 Å². The maximum Gasteiger partial charge on any atom is 0.308 e. The van der Waals surface area contributed by atoms with Gasteiger partial charge in [-0.25, -0.2) is 0 Å². The number of aryl methyl sites for hydroxylation is 1. The maximum atomic E-state index is 12.9. The number of carboxylic acid groups (broad SMARTS) is 1. The van der Waals surface area contributed by atoms with Crippen molar-refractivity contribution in [1.82, 2.24) is 14.7 Å². The van der Waals surface area contributed by atoms with Gasteiger partial charge in [0.25, 0.3) is 5.91 Å². The molecule has 2 atom stereocenters. The average Bonchev–Trinajstić information content (AvgIpc) is 3.19. The Bertz CT molecular complexity index is 782. The second kappa shape index (κ2) is 6.70. The van der Waals surface area contributed by atoms with Crippen molar-refractivity contribution in [3.8, 4) is 0 Å². The minimum absolute atomic E-state index is 0.161. The molecule has 1 amide bonds. The van der Waals surface area contributed by atoms with Gasteiger partial charge in [0, 0.05) is 26.1 Å². The first-order valence-corrected chi connectivity index (χ1v) is 8.49. The molecule has 1 aromatic carbocycles. The zero-order valence-electron chi connectivity index (χ0n) is 14.7. The molecule has 1 saturated heterocycles. The predicted molar refractivity (Wildman–Crippen MR) is 93.5 cm³/mol. The van der Waals surface area contributed by atoms with E-state index in [0.717, 1.165) is 11.3 Å². The van der Waals surface area contributed by atoms with Crippen molar-refractivity contribution in [2.24, 2.45) is 13.0 Å². The van der Waals surface area contributed by atoms with E-state index in [4.69, 9.17) is 0 Å². The lowest BCUT2D eigenvalue weighted by molar-refractivity contribution is -0.141. The molecule has 132 valence electrons. The Morgan fingerprint density at radius 1 is 1.20 bits per heavy atom. The van der Waals surface area contributed by atoms with E-state index in [0.29, 0.717) is 12.2 Å². The summed E-state index contributed by atoms with van der Waals surface area (Å²) in [7, 11) is 1.75. The third-order valence-electron chi connectivity index (χ3n) is 4.86. The van der Waals surface area contributed by atoms with Crippen LogP contribution in [0.15, 0.2) is 36.4 Å². The van der Waals surface area contributed by atoms with Gasteiger partial charge in [-0.15, -0.1) is 0 Å². The molecule has 6 heteroatoms. The van der Waals surface area contributed by atoms with E-state index in [1.165, 1.54) is 0 Å². The van der Waals surface area contributed by atoms with Crippen LogP contribution in [0.3, 0.4) is 0 Å². The molecule has 0 spiro atoms. The Kier molecular flexibility index (Phi) is 4.61. The van der Waals surface area contributed by atoms with Gasteiger partial charge in [0.1, 0.15) is 5.69 Å². The Hall–Kier alpha value is -2.63. The van der Waals surface area contributed by atoms with Crippen LogP contribution in [0.5, 0.6) is 0 Å². The molecule has 1 aliphatic heterocycles. The smallest absolute Gasteiger partial charge is 0.308 e. The number of amides is 1. The largest absolute Gasteiger partial charge is 0.481 e. The number of carboxylic acids is 1. The fourth-order valence-corrected chi connectivity index (χ4v) is 3.39. The molecule has 1 aliphatic rings. The van der Waals surface area contributed by atoms with Crippen molar-refractivity contribution in [3.05, 3.63) is 53.3 Å². The highest BCUT2D eigenvalue weighted by Crippen LogP contribution is 2.33. The summed E-state index contributed by atoms with van der Waals surface area (Å²) >= 11 is 0. The first kappa shape index (κ1) is 17.2. The maximum absolute atomic E-state index is 12.9. The predicted octanol–water partition coefficient (Wildman–Crippen LogP) is 2.48. The normalized spacial score (nSPS) is 20.2. The number of aromatic nitrogens is 2. The van der Waals surface area contributed by atoms with Crippen molar-refractivity contribution < 1.29 is 14.7 Å². The van der Waals surface area contributed by atoms with Crippen molar-refractivity contribution in [2.75, 3.05) is 13.1 Å². The number of likely N-dealkylation sites (tertiary alicyclic amines) is 1. The Morgan fingerprint density at radius 3 is 2.44 bits per heavy atom. The number of hydrogen-bond acceptors (Lipinski definition) is 3. The van der Waals surface area contributed by atoms with Crippen LogP contribution in [0.2, 0.25) is 0 Å². The lowest BCUT2D eigenvalue weighted by Gasteiger charge is -2.16. The highest BCUT2D eigenvalue weighted by molar-refractivity contribution is 5.93. The standard InChI is InChI=1S/C19H23N3O3/c1-12(2)16-9-17(21(3)20-16)18(23)22-10-14(15(11-22)19(24)25)13-7-5-4-6-8-13/h4-9,12,14-15H,10-11H2,1-3H3,(H,24,25)/t14-,15-/m0/s1. The Morgan fingerprint density at radius 2 is 1.88 bits per heavy atom. The third kappa shape index (κ3) is 3.29. The van der Waals surface area contributed by atoms with E-state index in [9.17, 15) is 14.7 Å². The monoisotopic (exact) mass is 341 g/mol. The zero-order valence-corrected chi connectivity index (χ0v) is 14.7. The van der Waals surface area contributed by atoms with Crippen LogP contribution in [0.1, 0.15) is 47.4 Å². The van der Waals surface area contributed by atoms with Gasteiger partial charge >= 0.3 is 5.97 Å². The van der Waals surface area contributed by atoms with Gasteiger partial charge in [0.15, 0.2) is 0 Å². The lowest BCUT2D eigenvalue weighted by atomic mass is 9.89. The van der Waals surface area contributed by atoms with E-state index < -0.39 is 11.9 Å². The van der Waals surface area contributed by atoms with E-state index >= 15 is 0 Å². The van der Waals surface area contributed by atoms with E-state index in [1.807, 2.05) is 44.2 Å². The molecule has 25 heavy (non-hydrogen) atoms. The molecule has 0 aliphatic carbocycles. The zero-order chi connectivity index (χ0) is 18.1. The van der Waals surface area contributed by atoms with E-state index in [1.54, 1.807) is 22.7 Å². The summed E-state index contributed by atoms with van der Waals surface area (Å²) in [5.41, 5.74) is 2.32. The van der Waals surface area contributed by atoms with Gasteiger partial charge in [-0.2, -0.15) is 5.10 Å². The van der Waals surface area contributed by atoms with E-state index in [-0.39, 0.29) is 24.3 Å². The lowest BCUT2D eigenvalue weighted by Crippen LogP contribution is -2.31. The summed E-state index contributed by atoms with van der Waals surface area (Å²) in [5, 5.41) is 14.0. The van der Waals surface area contributed by atoms with Gasteiger partial charge in [-0.1, -0.05) is 44.2 Å². The summed E-state index contributed by atoms with van der Waals surface area (Å²) in [6.45, 7) is 4.68. The molecule has 1 N–H and O–H groups in total. The molecule has 1 aromatic heterocycles. The molecule has 1 fully saturated rings.